The van der Waals surface area contributed by atoms with Crippen LogP contribution in [0.1, 0.15) is 0 Å². The summed E-state index contributed by atoms with van der Waals surface area (Å²) in [5.74, 6) is -0.804. The molecule has 0 atom stereocenters. The summed E-state index contributed by atoms with van der Waals surface area (Å²) in [7, 11) is -3.97. The lowest BCUT2D eigenvalue weighted by molar-refractivity contribution is 0.599. The molecule has 0 aliphatic rings. The van der Waals surface area contributed by atoms with E-state index in [0.717, 1.165) is 12.3 Å². The molecule has 0 saturated heterocycles. The lowest BCUT2D eigenvalue weighted by Crippen LogP contribution is -2.14. The van der Waals surface area contributed by atoms with Crippen molar-refractivity contribution in [2.45, 2.75) is 4.90 Å². The highest BCUT2D eigenvalue weighted by atomic mass is 79.9. The molecule has 1 heterocycles. The molecule has 0 unspecified atom stereocenters. The average Bonchev–Trinajstić information content (AvgIpc) is 2.70. The van der Waals surface area contributed by atoms with E-state index in [4.69, 9.17) is 5.73 Å². The molecule has 0 aliphatic heterocycles. The fourth-order valence-corrected chi connectivity index (χ4v) is 2.72. The Bertz CT molecular complexity index is 686. The van der Waals surface area contributed by atoms with Crippen molar-refractivity contribution in [2.24, 2.45) is 0 Å². The summed E-state index contributed by atoms with van der Waals surface area (Å²) >= 11 is 3.12. The highest BCUT2D eigenvalue weighted by molar-refractivity contribution is 9.10. The first-order chi connectivity index (χ1) is 8.40. The van der Waals surface area contributed by atoms with Gasteiger partial charge in [-0.05, 0) is 18.2 Å². The van der Waals surface area contributed by atoms with Gasteiger partial charge in [0.05, 0.1) is 11.9 Å². The smallest absolute Gasteiger partial charge is 0.267 e. The number of hydrogen-bond acceptors (Lipinski definition) is 4. The summed E-state index contributed by atoms with van der Waals surface area (Å²) < 4.78 is 39.9. The van der Waals surface area contributed by atoms with Crippen LogP contribution in [0.5, 0.6) is 0 Å². The van der Waals surface area contributed by atoms with Gasteiger partial charge in [0.2, 0.25) is 0 Å². The van der Waals surface area contributed by atoms with Gasteiger partial charge < -0.3 is 5.73 Å². The zero-order valence-electron chi connectivity index (χ0n) is 8.81. The fraction of sp³-hybridized carbons (Fsp3) is 0. The predicted molar refractivity (Wildman–Crippen MR) is 67.9 cm³/mol. The molecule has 4 N–H and O–H groups in total. The van der Waals surface area contributed by atoms with Gasteiger partial charge in [0.1, 0.15) is 16.5 Å². The molecule has 0 saturated carbocycles. The van der Waals surface area contributed by atoms with Gasteiger partial charge in [-0.3, -0.25) is 9.82 Å². The molecule has 18 heavy (non-hydrogen) atoms. The number of benzene rings is 1. The molecule has 2 rings (SSSR count). The molecule has 2 aromatic rings. The van der Waals surface area contributed by atoms with E-state index < -0.39 is 15.8 Å². The molecule has 0 bridgehead atoms. The van der Waals surface area contributed by atoms with Gasteiger partial charge in [0.15, 0.2) is 0 Å². The summed E-state index contributed by atoms with van der Waals surface area (Å²) in [6.07, 6.45) is 1.05. The number of nitrogen functional groups attached to an aromatic ring is 1. The van der Waals surface area contributed by atoms with E-state index in [2.05, 4.69) is 30.8 Å². The predicted octanol–water partition coefficient (Wildman–Crippen LogP) is 1.69. The number of aromatic amines is 1. The Balaban J connectivity index is 2.40. The highest BCUT2D eigenvalue weighted by Gasteiger charge is 2.20. The normalized spacial score (nSPS) is 11.4. The summed E-state index contributed by atoms with van der Waals surface area (Å²) in [4.78, 5) is -0.234. The number of aromatic nitrogens is 2. The quantitative estimate of drug-likeness (QED) is 0.795. The minimum Gasteiger partial charge on any atom is -0.383 e. The van der Waals surface area contributed by atoms with Crippen LogP contribution in [0, 0.1) is 5.82 Å². The maximum atomic E-state index is 13.4. The third-order valence-electron chi connectivity index (χ3n) is 2.09. The summed E-state index contributed by atoms with van der Waals surface area (Å²) in [5.41, 5.74) is 5.23. The van der Waals surface area contributed by atoms with Crippen molar-refractivity contribution < 1.29 is 12.8 Å². The van der Waals surface area contributed by atoms with Gasteiger partial charge in [0.25, 0.3) is 10.0 Å². The summed E-state index contributed by atoms with van der Waals surface area (Å²) in [6, 6.07) is 3.91. The first-order valence-electron chi connectivity index (χ1n) is 4.67. The van der Waals surface area contributed by atoms with Gasteiger partial charge in [-0.15, -0.1) is 0 Å². The van der Waals surface area contributed by atoms with Crippen molar-refractivity contribution >= 4 is 37.5 Å². The number of nitrogens with two attached hydrogens (primary N) is 1. The Kier molecular flexibility index (Phi) is 3.26. The molecule has 6 nitrogen and oxygen atoms in total. The minimum atomic E-state index is -3.97. The van der Waals surface area contributed by atoms with Crippen LogP contribution in [-0.4, -0.2) is 18.6 Å². The molecule has 0 radical (unpaired) electrons. The molecule has 0 spiro atoms. The maximum Gasteiger partial charge on any atom is 0.267 e. The van der Waals surface area contributed by atoms with Crippen molar-refractivity contribution in [3.8, 4) is 0 Å². The van der Waals surface area contributed by atoms with Crippen LogP contribution in [0.15, 0.2) is 33.8 Å². The Morgan fingerprint density at radius 2 is 2.17 bits per heavy atom. The molecule has 9 heteroatoms. The van der Waals surface area contributed by atoms with Crippen LogP contribution in [0.3, 0.4) is 0 Å². The standard InChI is InChI=1S/C9H8BrFN4O2S/c10-5-1-2-6(11)7(3-5)15-18(16,17)8-4-13-14-9(8)12/h1-4,15H,(H3,12,13,14). The van der Waals surface area contributed by atoms with Crippen molar-refractivity contribution in [2.75, 3.05) is 10.5 Å². The van der Waals surface area contributed by atoms with Crippen LogP contribution in [0.4, 0.5) is 15.9 Å². The Labute approximate surface area is 111 Å². The molecule has 1 aromatic carbocycles. The van der Waals surface area contributed by atoms with E-state index in [1.807, 2.05) is 0 Å². The van der Waals surface area contributed by atoms with Crippen molar-refractivity contribution in [3.05, 3.63) is 34.7 Å². The average molecular weight is 335 g/mol. The number of nitrogens with zero attached hydrogens (tertiary/aromatic N) is 1. The van der Waals surface area contributed by atoms with Gasteiger partial charge >= 0.3 is 0 Å². The molecule has 0 aliphatic carbocycles. The minimum absolute atomic E-state index is 0.113. The van der Waals surface area contributed by atoms with E-state index >= 15 is 0 Å². The van der Waals surface area contributed by atoms with Gasteiger partial charge in [-0.1, -0.05) is 15.9 Å². The van der Waals surface area contributed by atoms with Crippen molar-refractivity contribution in [1.82, 2.24) is 10.2 Å². The number of halogens is 2. The lowest BCUT2D eigenvalue weighted by Gasteiger charge is -2.08. The zero-order chi connectivity index (χ0) is 13.3. The van der Waals surface area contributed by atoms with Gasteiger partial charge in [-0.2, -0.15) is 5.10 Å². The van der Waals surface area contributed by atoms with Crippen LogP contribution in [0.2, 0.25) is 0 Å². The Morgan fingerprint density at radius 3 is 2.78 bits per heavy atom. The summed E-state index contributed by atoms with van der Waals surface area (Å²) in [6.45, 7) is 0. The first-order valence-corrected chi connectivity index (χ1v) is 6.94. The molecular weight excluding hydrogens is 327 g/mol. The molecule has 0 amide bonds. The van der Waals surface area contributed by atoms with E-state index in [1.54, 1.807) is 0 Å². The number of hydrogen-bond donors (Lipinski definition) is 3. The van der Waals surface area contributed by atoms with Crippen LogP contribution in [-0.2, 0) is 10.0 Å². The Morgan fingerprint density at radius 1 is 1.44 bits per heavy atom. The van der Waals surface area contributed by atoms with E-state index in [1.165, 1.54) is 12.1 Å². The lowest BCUT2D eigenvalue weighted by atomic mass is 10.3. The second-order valence-corrected chi connectivity index (χ2v) is 5.94. The SMILES string of the molecule is Nc1[nH]ncc1S(=O)(=O)Nc1cc(Br)ccc1F. The van der Waals surface area contributed by atoms with Crippen molar-refractivity contribution in [1.29, 1.82) is 0 Å². The second-order valence-electron chi connectivity index (χ2n) is 3.38. The topological polar surface area (TPSA) is 101 Å². The molecular formula is C9H8BrFN4O2S. The van der Waals surface area contributed by atoms with E-state index in [9.17, 15) is 12.8 Å². The fourth-order valence-electron chi connectivity index (χ4n) is 1.27. The van der Waals surface area contributed by atoms with Crippen LogP contribution < -0.4 is 10.5 Å². The third-order valence-corrected chi connectivity index (χ3v) is 3.98. The van der Waals surface area contributed by atoms with Gasteiger partial charge in [-0.25, -0.2) is 12.8 Å². The zero-order valence-corrected chi connectivity index (χ0v) is 11.2. The van der Waals surface area contributed by atoms with Crippen LogP contribution >= 0.6 is 15.9 Å². The van der Waals surface area contributed by atoms with Crippen molar-refractivity contribution in [3.63, 3.8) is 0 Å². The van der Waals surface area contributed by atoms with Gasteiger partial charge in [0, 0.05) is 4.47 Å². The van der Waals surface area contributed by atoms with Crippen LogP contribution in [0.25, 0.3) is 0 Å². The number of H-pyrrole nitrogens is 1. The first kappa shape index (κ1) is 12.8. The van der Waals surface area contributed by atoms with E-state index in [-0.39, 0.29) is 16.4 Å². The molecule has 0 fully saturated rings. The Hall–Kier alpha value is -1.61. The monoisotopic (exact) mass is 334 g/mol. The third kappa shape index (κ3) is 2.46. The second kappa shape index (κ2) is 4.58. The maximum absolute atomic E-state index is 13.4. The number of anilines is 2. The molecule has 96 valence electrons. The number of sulfonamides is 1. The highest BCUT2D eigenvalue weighted by Crippen LogP contribution is 2.24. The number of nitrogens with one attached hydrogen (secondary N) is 2. The summed E-state index contributed by atoms with van der Waals surface area (Å²) in [5, 5.41) is 5.79. The molecule has 1 aromatic heterocycles. The van der Waals surface area contributed by atoms with E-state index in [0.29, 0.717) is 4.47 Å². The largest absolute Gasteiger partial charge is 0.383 e. The number of rotatable bonds is 3.